The van der Waals surface area contributed by atoms with Crippen LogP contribution in [0.2, 0.25) is 36.3 Å². The van der Waals surface area contributed by atoms with Gasteiger partial charge in [0, 0.05) is 25.0 Å². The second-order valence-electron chi connectivity index (χ2n) is 11.2. The molecule has 0 spiro atoms. The fourth-order valence-electron chi connectivity index (χ4n) is 2.67. The summed E-state index contributed by atoms with van der Waals surface area (Å²) in [5.74, 6) is 0.859. The summed E-state index contributed by atoms with van der Waals surface area (Å²) in [6, 6.07) is 0. The summed E-state index contributed by atoms with van der Waals surface area (Å²) in [5, 5.41) is 0.495. The average molecular weight is 397 g/mol. The summed E-state index contributed by atoms with van der Waals surface area (Å²) < 4.78 is 13.2. The summed E-state index contributed by atoms with van der Waals surface area (Å²) in [6.07, 6.45) is 4.55. The highest BCUT2D eigenvalue weighted by Gasteiger charge is 2.41. The standard InChI is InChI=1S/C22H44O2Si2/c1-17-13-14-18(2)20(16-24-26(11,12)22(6,7)8)19(17)15-23-25(9,10)21(3,4)5/h13-14,19-20H,15-16H2,1-12H3/t19-,20+. The Morgan fingerprint density at radius 2 is 0.962 bits per heavy atom. The van der Waals surface area contributed by atoms with Crippen LogP contribution in [0, 0.1) is 11.8 Å². The minimum absolute atomic E-state index is 0.247. The summed E-state index contributed by atoms with van der Waals surface area (Å²) in [4.78, 5) is 0. The lowest BCUT2D eigenvalue weighted by Gasteiger charge is -2.41. The van der Waals surface area contributed by atoms with Gasteiger partial charge in [0.2, 0.25) is 0 Å². The molecule has 0 amide bonds. The van der Waals surface area contributed by atoms with E-state index >= 15 is 0 Å². The van der Waals surface area contributed by atoms with Crippen molar-refractivity contribution in [1.82, 2.24) is 0 Å². The van der Waals surface area contributed by atoms with Gasteiger partial charge in [-0.05, 0) is 50.1 Å². The molecule has 0 aliphatic heterocycles. The zero-order valence-electron chi connectivity index (χ0n) is 19.5. The van der Waals surface area contributed by atoms with Gasteiger partial charge in [0.25, 0.3) is 0 Å². The van der Waals surface area contributed by atoms with Crippen molar-refractivity contribution in [2.45, 2.75) is 91.7 Å². The predicted molar refractivity (Wildman–Crippen MR) is 121 cm³/mol. The van der Waals surface area contributed by atoms with E-state index in [1.165, 1.54) is 11.1 Å². The van der Waals surface area contributed by atoms with Crippen LogP contribution >= 0.6 is 0 Å². The average Bonchev–Trinajstić information content (AvgIpc) is 2.44. The largest absolute Gasteiger partial charge is 0.416 e. The van der Waals surface area contributed by atoms with Crippen LogP contribution < -0.4 is 0 Å². The Labute approximate surface area is 165 Å². The molecule has 0 N–H and O–H groups in total. The normalized spacial score (nSPS) is 22.9. The van der Waals surface area contributed by atoms with Gasteiger partial charge in [0.15, 0.2) is 16.6 Å². The topological polar surface area (TPSA) is 18.5 Å². The number of hydrogen-bond donors (Lipinski definition) is 0. The second kappa shape index (κ2) is 8.06. The highest BCUT2D eigenvalue weighted by molar-refractivity contribution is 6.74. The van der Waals surface area contributed by atoms with E-state index in [1.54, 1.807) is 0 Å². The van der Waals surface area contributed by atoms with E-state index in [1.807, 2.05) is 0 Å². The van der Waals surface area contributed by atoms with Crippen molar-refractivity contribution in [3.63, 3.8) is 0 Å². The van der Waals surface area contributed by atoms with Gasteiger partial charge < -0.3 is 8.85 Å². The molecule has 0 bridgehead atoms. The maximum absolute atomic E-state index is 6.61. The van der Waals surface area contributed by atoms with Crippen LogP contribution in [0.5, 0.6) is 0 Å². The Bertz CT molecular complexity index is 495. The van der Waals surface area contributed by atoms with Gasteiger partial charge in [0.05, 0.1) is 0 Å². The quantitative estimate of drug-likeness (QED) is 0.443. The zero-order valence-corrected chi connectivity index (χ0v) is 21.5. The number of allylic oxidation sites excluding steroid dienone is 2. The first-order valence-corrected chi connectivity index (χ1v) is 15.9. The summed E-state index contributed by atoms with van der Waals surface area (Å²) in [5.41, 5.74) is 2.86. The second-order valence-corrected chi connectivity index (χ2v) is 20.8. The van der Waals surface area contributed by atoms with Crippen molar-refractivity contribution >= 4 is 16.6 Å². The third-order valence-corrected chi connectivity index (χ3v) is 16.1. The van der Waals surface area contributed by atoms with Crippen LogP contribution in [0.25, 0.3) is 0 Å². The van der Waals surface area contributed by atoms with E-state index in [0.717, 1.165) is 13.2 Å². The fourth-order valence-corrected chi connectivity index (χ4v) is 4.73. The first-order valence-electron chi connectivity index (χ1n) is 10.1. The lowest BCUT2D eigenvalue weighted by molar-refractivity contribution is 0.162. The Morgan fingerprint density at radius 3 is 1.19 bits per heavy atom. The van der Waals surface area contributed by atoms with E-state index in [4.69, 9.17) is 8.85 Å². The number of hydrogen-bond acceptors (Lipinski definition) is 2. The number of rotatable bonds is 6. The van der Waals surface area contributed by atoms with Crippen LogP contribution in [-0.4, -0.2) is 29.8 Å². The van der Waals surface area contributed by atoms with Crippen molar-refractivity contribution in [2.75, 3.05) is 13.2 Å². The molecule has 1 rings (SSSR count). The summed E-state index contributed by atoms with van der Waals surface area (Å²) in [6.45, 7) is 29.4. The smallest absolute Gasteiger partial charge is 0.192 e. The van der Waals surface area contributed by atoms with Crippen LogP contribution in [0.3, 0.4) is 0 Å². The van der Waals surface area contributed by atoms with Gasteiger partial charge in [0.1, 0.15) is 0 Å². The highest BCUT2D eigenvalue weighted by atomic mass is 28.4. The predicted octanol–water partition coefficient (Wildman–Crippen LogP) is 7.17. The molecule has 0 aromatic heterocycles. The van der Waals surface area contributed by atoms with Crippen molar-refractivity contribution in [2.24, 2.45) is 11.8 Å². The fraction of sp³-hybridized carbons (Fsp3) is 0.818. The van der Waals surface area contributed by atoms with E-state index in [2.05, 4.69) is 93.7 Å². The Balaban J connectivity index is 2.91. The Morgan fingerprint density at radius 1 is 0.692 bits per heavy atom. The Hall–Kier alpha value is -0.166. The van der Waals surface area contributed by atoms with Crippen molar-refractivity contribution in [3.05, 3.63) is 23.3 Å². The summed E-state index contributed by atoms with van der Waals surface area (Å²) in [7, 11) is -3.48. The van der Waals surface area contributed by atoms with Gasteiger partial charge in [-0.1, -0.05) is 64.8 Å². The molecule has 1 aliphatic rings. The molecule has 152 valence electrons. The van der Waals surface area contributed by atoms with Gasteiger partial charge in [-0.15, -0.1) is 0 Å². The molecule has 0 radical (unpaired) electrons. The zero-order chi connectivity index (χ0) is 20.6. The first kappa shape index (κ1) is 23.9. The van der Waals surface area contributed by atoms with Crippen LogP contribution in [0.1, 0.15) is 55.4 Å². The minimum atomic E-state index is -1.74. The third kappa shape index (κ3) is 5.67. The van der Waals surface area contributed by atoms with E-state index in [9.17, 15) is 0 Å². The molecule has 0 saturated heterocycles. The van der Waals surface area contributed by atoms with E-state index < -0.39 is 16.6 Å². The minimum Gasteiger partial charge on any atom is -0.416 e. The highest BCUT2D eigenvalue weighted by Crippen LogP contribution is 2.41. The molecule has 0 saturated carbocycles. The molecular weight excluding hydrogens is 352 g/mol. The van der Waals surface area contributed by atoms with Crippen molar-refractivity contribution < 1.29 is 8.85 Å². The van der Waals surface area contributed by atoms with E-state index in [-0.39, 0.29) is 10.1 Å². The molecular formula is C22H44O2Si2. The molecule has 2 nitrogen and oxygen atoms in total. The van der Waals surface area contributed by atoms with Crippen molar-refractivity contribution in [3.8, 4) is 0 Å². The first-order chi connectivity index (χ1) is 11.5. The van der Waals surface area contributed by atoms with Crippen LogP contribution in [0.15, 0.2) is 23.3 Å². The maximum Gasteiger partial charge on any atom is 0.192 e. The molecule has 0 aromatic rings. The molecule has 0 heterocycles. The molecule has 26 heavy (non-hydrogen) atoms. The van der Waals surface area contributed by atoms with Gasteiger partial charge in [-0.3, -0.25) is 0 Å². The van der Waals surface area contributed by atoms with Gasteiger partial charge in [-0.2, -0.15) is 0 Å². The Kier molecular flexibility index (Phi) is 7.40. The van der Waals surface area contributed by atoms with Crippen LogP contribution in [-0.2, 0) is 8.85 Å². The third-order valence-electron chi connectivity index (χ3n) is 7.12. The molecule has 0 aromatic carbocycles. The van der Waals surface area contributed by atoms with Gasteiger partial charge >= 0.3 is 0 Å². The van der Waals surface area contributed by atoms with Crippen LogP contribution in [0.4, 0.5) is 0 Å². The SMILES string of the molecule is CC1=CC=C(C)[C@H](CO[Si](C)(C)C(C)(C)C)[C@@H]1CO[Si](C)(C)C(C)(C)C. The molecule has 0 fully saturated rings. The van der Waals surface area contributed by atoms with Gasteiger partial charge in [-0.25, -0.2) is 0 Å². The summed E-state index contributed by atoms with van der Waals surface area (Å²) >= 11 is 0. The molecule has 4 heteroatoms. The monoisotopic (exact) mass is 396 g/mol. The lowest BCUT2D eigenvalue weighted by atomic mass is 9.79. The molecule has 0 unspecified atom stereocenters. The molecule has 2 atom stereocenters. The maximum atomic E-state index is 6.61. The molecule has 1 aliphatic carbocycles. The van der Waals surface area contributed by atoms with Crippen molar-refractivity contribution in [1.29, 1.82) is 0 Å². The lowest BCUT2D eigenvalue weighted by Crippen LogP contribution is -2.45. The van der Waals surface area contributed by atoms with E-state index in [0.29, 0.717) is 11.8 Å².